The molecule has 0 saturated carbocycles. The standard InChI is InChI=1S/C14H16BrN/c15-10-6-5-9-7-13-11(12(9)8-10)3-1-2-4-14(13)16/h5-6,8,14H,1-4,7,16H2. The molecule has 0 amide bonds. The second-order valence-corrected chi connectivity index (χ2v) is 5.75. The molecule has 1 unspecified atom stereocenters. The Bertz CT molecular complexity index is 462. The molecule has 2 heteroatoms. The molecular formula is C14H16BrN. The molecule has 2 aliphatic carbocycles. The Morgan fingerprint density at radius 3 is 3.00 bits per heavy atom. The van der Waals surface area contributed by atoms with Crippen LogP contribution in [0.4, 0.5) is 0 Å². The summed E-state index contributed by atoms with van der Waals surface area (Å²) >= 11 is 3.56. The van der Waals surface area contributed by atoms with Gasteiger partial charge in [0, 0.05) is 10.5 Å². The van der Waals surface area contributed by atoms with Gasteiger partial charge >= 0.3 is 0 Å². The first-order valence-corrected chi connectivity index (χ1v) is 6.81. The summed E-state index contributed by atoms with van der Waals surface area (Å²) in [5.74, 6) is 0. The third-order valence-electron chi connectivity index (χ3n) is 3.81. The molecule has 0 bridgehead atoms. The van der Waals surface area contributed by atoms with Crippen LogP contribution in [0.15, 0.2) is 28.2 Å². The molecule has 0 aromatic heterocycles. The minimum absolute atomic E-state index is 0.295. The predicted molar refractivity (Wildman–Crippen MR) is 71.2 cm³/mol. The molecule has 0 heterocycles. The third kappa shape index (κ3) is 1.64. The van der Waals surface area contributed by atoms with Crippen molar-refractivity contribution in [2.24, 2.45) is 5.73 Å². The van der Waals surface area contributed by atoms with E-state index in [0.29, 0.717) is 6.04 Å². The fourth-order valence-corrected chi connectivity index (χ4v) is 3.32. The van der Waals surface area contributed by atoms with Crippen molar-refractivity contribution in [1.82, 2.24) is 0 Å². The summed E-state index contributed by atoms with van der Waals surface area (Å²) in [6, 6.07) is 6.93. The lowest BCUT2D eigenvalue weighted by atomic mass is 10.0. The molecule has 3 rings (SSSR count). The van der Waals surface area contributed by atoms with Gasteiger partial charge in [-0.2, -0.15) is 0 Å². The van der Waals surface area contributed by atoms with E-state index >= 15 is 0 Å². The van der Waals surface area contributed by atoms with Crippen molar-refractivity contribution in [3.05, 3.63) is 39.4 Å². The number of halogens is 1. The fourth-order valence-electron chi connectivity index (χ4n) is 2.96. The Hall–Kier alpha value is -0.600. The van der Waals surface area contributed by atoms with Crippen LogP contribution in [0.3, 0.4) is 0 Å². The minimum Gasteiger partial charge on any atom is -0.324 e. The van der Waals surface area contributed by atoms with Gasteiger partial charge in [-0.15, -0.1) is 0 Å². The average molecular weight is 278 g/mol. The molecule has 0 fully saturated rings. The largest absolute Gasteiger partial charge is 0.324 e. The second-order valence-electron chi connectivity index (χ2n) is 4.83. The van der Waals surface area contributed by atoms with Gasteiger partial charge in [0.25, 0.3) is 0 Å². The first-order chi connectivity index (χ1) is 7.75. The summed E-state index contributed by atoms with van der Waals surface area (Å²) in [5.41, 5.74) is 12.2. The summed E-state index contributed by atoms with van der Waals surface area (Å²) in [4.78, 5) is 0. The minimum atomic E-state index is 0.295. The summed E-state index contributed by atoms with van der Waals surface area (Å²) in [6.07, 6.45) is 6.02. The molecule has 1 aromatic rings. The van der Waals surface area contributed by atoms with Crippen molar-refractivity contribution in [3.63, 3.8) is 0 Å². The zero-order valence-corrected chi connectivity index (χ0v) is 10.9. The lowest BCUT2D eigenvalue weighted by Gasteiger charge is -2.11. The molecule has 1 aromatic carbocycles. The monoisotopic (exact) mass is 277 g/mol. The van der Waals surface area contributed by atoms with E-state index in [9.17, 15) is 0 Å². The van der Waals surface area contributed by atoms with Crippen LogP contribution in [0.25, 0.3) is 5.57 Å². The van der Waals surface area contributed by atoms with Crippen molar-refractivity contribution in [2.45, 2.75) is 38.1 Å². The van der Waals surface area contributed by atoms with E-state index in [1.54, 1.807) is 5.57 Å². The average Bonchev–Trinajstić information content (AvgIpc) is 2.52. The summed E-state index contributed by atoms with van der Waals surface area (Å²) < 4.78 is 1.18. The number of benzene rings is 1. The van der Waals surface area contributed by atoms with E-state index in [4.69, 9.17) is 5.73 Å². The molecular weight excluding hydrogens is 262 g/mol. The highest BCUT2D eigenvalue weighted by Crippen LogP contribution is 2.40. The van der Waals surface area contributed by atoms with Crippen molar-refractivity contribution in [3.8, 4) is 0 Å². The Morgan fingerprint density at radius 2 is 2.12 bits per heavy atom. The van der Waals surface area contributed by atoms with E-state index < -0.39 is 0 Å². The Kier molecular flexibility index (Phi) is 2.64. The molecule has 2 N–H and O–H groups in total. The van der Waals surface area contributed by atoms with Gasteiger partial charge in [-0.3, -0.25) is 0 Å². The Balaban J connectivity index is 2.09. The van der Waals surface area contributed by atoms with Crippen LogP contribution in [0, 0.1) is 0 Å². The van der Waals surface area contributed by atoms with Crippen LogP contribution in [0.1, 0.15) is 36.8 Å². The van der Waals surface area contributed by atoms with Crippen LogP contribution in [0.2, 0.25) is 0 Å². The third-order valence-corrected chi connectivity index (χ3v) is 4.30. The van der Waals surface area contributed by atoms with E-state index in [1.807, 2.05) is 0 Å². The molecule has 1 atom stereocenters. The molecule has 16 heavy (non-hydrogen) atoms. The lowest BCUT2D eigenvalue weighted by molar-refractivity contribution is 0.634. The van der Waals surface area contributed by atoms with Gasteiger partial charge in [-0.05, 0) is 60.1 Å². The quantitative estimate of drug-likeness (QED) is 0.770. The zero-order valence-electron chi connectivity index (χ0n) is 9.30. The Morgan fingerprint density at radius 1 is 1.25 bits per heavy atom. The van der Waals surface area contributed by atoms with Crippen LogP contribution in [0.5, 0.6) is 0 Å². The van der Waals surface area contributed by atoms with Crippen molar-refractivity contribution in [1.29, 1.82) is 0 Å². The first kappa shape index (κ1) is 10.5. The molecule has 0 aliphatic heterocycles. The lowest BCUT2D eigenvalue weighted by Crippen LogP contribution is -2.22. The fraction of sp³-hybridized carbons (Fsp3) is 0.429. The maximum atomic E-state index is 6.27. The molecule has 0 saturated heterocycles. The smallest absolute Gasteiger partial charge is 0.0262 e. The van der Waals surface area contributed by atoms with Crippen LogP contribution < -0.4 is 5.73 Å². The van der Waals surface area contributed by atoms with Crippen LogP contribution >= 0.6 is 15.9 Å². The first-order valence-electron chi connectivity index (χ1n) is 6.02. The number of fused-ring (bicyclic) bond motifs is 2. The maximum absolute atomic E-state index is 6.27. The predicted octanol–water partition coefficient (Wildman–Crippen LogP) is 3.66. The van der Waals surface area contributed by atoms with E-state index in [0.717, 1.165) is 12.8 Å². The summed E-state index contributed by atoms with van der Waals surface area (Å²) in [7, 11) is 0. The normalized spacial score (nSPS) is 24.0. The van der Waals surface area contributed by atoms with Crippen molar-refractivity contribution >= 4 is 21.5 Å². The molecule has 0 radical (unpaired) electrons. The SMILES string of the molecule is NC1CCCCC2=C1Cc1ccc(Br)cc12. The zero-order chi connectivity index (χ0) is 11.1. The van der Waals surface area contributed by atoms with Crippen LogP contribution in [-0.4, -0.2) is 6.04 Å². The van der Waals surface area contributed by atoms with Crippen molar-refractivity contribution in [2.75, 3.05) is 0 Å². The van der Waals surface area contributed by atoms with Crippen molar-refractivity contribution < 1.29 is 0 Å². The second kappa shape index (κ2) is 4.01. The van der Waals surface area contributed by atoms with Gasteiger partial charge < -0.3 is 5.73 Å². The number of hydrogen-bond donors (Lipinski definition) is 1. The maximum Gasteiger partial charge on any atom is 0.0262 e. The number of nitrogens with two attached hydrogens (primary N) is 1. The van der Waals surface area contributed by atoms with Crippen LogP contribution in [-0.2, 0) is 6.42 Å². The van der Waals surface area contributed by atoms with Gasteiger partial charge in [0.05, 0.1) is 0 Å². The van der Waals surface area contributed by atoms with Gasteiger partial charge in [-0.1, -0.05) is 28.4 Å². The topological polar surface area (TPSA) is 26.0 Å². The summed E-state index contributed by atoms with van der Waals surface area (Å²) in [5, 5.41) is 0. The number of hydrogen-bond acceptors (Lipinski definition) is 1. The summed E-state index contributed by atoms with van der Waals surface area (Å²) in [6.45, 7) is 0. The highest BCUT2D eigenvalue weighted by atomic mass is 79.9. The van der Waals surface area contributed by atoms with E-state index in [2.05, 4.69) is 34.1 Å². The Labute approximate surface area is 105 Å². The molecule has 2 aliphatic rings. The number of allylic oxidation sites excluding steroid dienone is 1. The van der Waals surface area contributed by atoms with Gasteiger partial charge in [0.2, 0.25) is 0 Å². The highest BCUT2D eigenvalue weighted by molar-refractivity contribution is 9.10. The molecule has 84 valence electrons. The van der Waals surface area contributed by atoms with Gasteiger partial charge in [0.15, 0.2) is 0 Å². The van der Waals surface area contributed by atoms with Gasteiger partial charge in [0.1, 0.15) is 0 Å². The molecule has 1 nitrogen and oxygen atoms in total. The van der Waals surface area contributed by atoms with E-state index in [1.165, 1.54) is 40.4 Å². The highest BCUT2D eigenvalue weighted by Gasteiger charge is 2.26. The van der Waals surface area contributed by atoms with E-state index in [-0.39, 0.29) is 0 Å². The number of rotatable bonds is 0. The van der Waals surface area contributed by atoms with Gasteiger partial charge in [-0.25, -0.2) is 0 Å². The molecule has 0 spiro atoms.